The van der Waals surface area contributed by atoms with Gasteiger partial charge in [-0.2, -0.15) is 0 Å². The van der Waals surface area contributed by atoms with E-state index in [0.717, 1.165) is 32.0 Å². The van der Waals surface area contributed by atoms with E-state index in [4.69, 9.17) is 0 Å². The first kappa shape index (κ1) is 15.3. The van der Waals surface area contributed by atoms with Gasteiger partial charge in [0, 0.05) is 31.2 Å². The number of hydrogen-bond donors (Lipinski definition) is 1. The summed E-state index contributed by atoms with van der Waals surface area (Å²) in [5.74, 6) is -1.06. The summed E-state index contributed by atoms with van der Waals surface area (Å²) < 4.78 is 13.9. The summed E-state index contributed by atoms with van der Waals surface area (Å²) in [6.07, 6.45) is 4.38. The number of halogens is 1. The molecule has 0 radical (unpaired) electrons. The van der Waals surface area contributed by atoms with Gasteiger partial charge in [0.25, 0.3) is 5.91 Å². The average molecular weight is 306 g/mol. The Morgan fingerprint density at radius 3 is 2.77 bits per heavy atom. The Morgan fingerprint density at radius 1 is 1.32 bits per heavy atom. The highest BCUT2D eigenvalue weighted by atomic mass is 19.1. The molecule has 0 aromatic heterocycles. The van der Waals surface area contributed by atoms with Gasteiger partial charge in [-0.1, -0.05) is 0 Å². The Bertz CT molecular complexity index is 564. The fourth-order valence-corrected chi connectivity index (χ4v) is 3.66. The first-order valence-corrected chi connectivity index (χ1v) is 8.10. The molecule has 2 atom stereocenters. The van der Waals surface area contributed by atoms with E-state index in [0.29, 0.717) is 12.6 Å². The number of nitrogens with zero attached hydrogens (tertiary/aromatic N) is 2. The highest BCUT2D eigenvalue weighted by molar-refractivity contribution is 5.95. The van der Waals surface area contributed by atoms with Gasteiger partial charge >= 0.3 is 0 Å². The first-order valence-electron chi connectivity index (χ1n) is 8.10. The average Bonchev–Trinajstić information content (AvgIpc) is 3.09. The van der Waals surface area contributed by atoms with Gasteiger partial charge in [-0.3, -0.25) is 9.69 Å². The standard InChI is InChI=1S/C17H23FN2O2/c1-12-4-2-8-19(12)11-13-5-3-9-20(13)17(22)15-7-6-14(21)10-16(15)18/h6-7,10,12-13,21H,2-5,8-9,11H2,1H3. The molecule has 2 saturated heterocycles. The summed E-state index contributed by atoms with van der Waals surface area (Å²) in [7, 11) is 0. The molecule has 3 rings (SSSR count). The van der Waals surface area contributed by atoms with Gasteiger partial charge in [0.1, 0.15) is 11.6 Å². The predicted octanol–water partition coefficient (Wildman–Crippen LogP) is 2.62. The highest BCUT2D eigenvalue weighted by Gasteiger charge is 2.33. The molecule has 4 nitrogen and oxygen atoms in total. The van der Waals surface area contributed by atoms with Crippen molar-refractivity contribution in [3.8, 4) is 5.75 Å². The van der Waals surface area contributed by atoms with Gasteiger partial charge in [-0.05, 0) is 51.3 Å². The van der Waals surface area contributed by atoms with Crippen molar-refractivity contribution in [2.24, 2.45) is 0 Å². The predicted molar refractivity (Wildman–Crippen MR) is 82.4 cm³/mol. The third kappa shape index (κ3) is 2.95. The lowest BCUT2D eigenvalue weighted by molar-refractivity contribution is 0.0692. The number of aromatic hydroxyl groups is 1. The summed E-state index contributed by atoms with van der Waals surface area (Å²) in [6, 6.07) is 4.48. The number of phenolic OH excluding ortho intramolecular Hbond substituents is 1. The van der Waals surface area contributed by atoms with Gasteiger partial charge in [-0.15, -0.1) is 0 Å². The van der Waals surface area contributed by atoms with Crippen LogP contribution in [0.15, 0.2) is 18.2 Å². The van der Waals surface area contributed by atoms with Crippen LogP contribution in [0, 0.1) is 5.82 Å². The minimum absolute atomic E-state index is 0.0548. The number of phenols is 1. The zero-order valence-corrected chi connectivity index (χ0v) is 13.0. The van der Waals surface area contributed by atoms with Crippen LogP contribution < -0.4 is 0 Å². The van der Waals surface area contributed by atoms with Gasteiger partial charge in [0.15, 0.2) is 0 Å². The lowest BCUT2D eigenvalue weighted by Gasteiger charge is -2.30. The van der Waals surface area contributed by atoms with Gasteiger partial charge < -0.3 is 10.0 Å². The Labute approximate surface area is 130 Å². The second-order valence-electron chi connectivity index (χ2n) is 6.44. The third-order valence-corrected chi connectivity index (χ3v) is 4.96. The fourth-order valence-electron chi connectivity index (χ4n) is 3.66. The molecular formula is C17H23FN2O2. The Hall–Kier alpha value is -1.62. The van der Waals surface area contributed by atoms with Crippen molar-refractivity contribution in [1.29, 1.82) is 0 Å². The molecule has 2 fully saturated rings. The summed E-state index contributed by atoms with van der Waals surface area (Å²) in [5.41, 5.74) is 0.0548. The van der Waals surface area contributed by atoms with Crippen LogP contribution in [0.2, 0.25) is 0 Å². The summed E-state index contributed by atoms with van der Waals surface area (Å²) >= 11 is 0. The van der Waals surface area contributed by atoms with Crippen molar-refractivity contribution >= 4 is 5.91 Å². The van der Waals surface area contributed by atoms with Crippen molar-refractivity contribution in [3.63, 3.8) is 0 Å². The summed E-state index contributed by atoms with van der Waals surface area (Å²) in [4.78, 5) is 16.9. The maximum absolute atomic E-state index is 13.9. The van der Waals surface area contributed by atoms with Crippen molar-refractivity contribution in [1.82, 2.24) is 9.80 Å². The van der Waals surface area contributed by atoms with Crippen LogP contribution in [0.3, 0.4) is 0 Å². The molecule has 1 aromatic carbocycles. The number of likely N-dealkylation sites (tertiary alicyclic amines) is 2. The Morgan fingerprint density at radius 2 is 2.09 bits per heavy atom. The molecule has 1 amide bonds. The number of carbonyl (C=O) groups excluding carboxylic acids is 1. The molecule has 0 bridgehead atoms. The van der Waals surface area contributed by atoms with Crippen molar-refractivity contribution < 1.29 is 14.3 Å². The van der Waals surface area contributed by atoms with E-state index in [1.807, 2.05) is 0 Å². The molecule has 0 spiro atoms. The smallest absolute Gasteiger partial charge is 0.257 e. The van der Waals surface area contributed by atoms with Crippen LogP contribution in [0.4, 0.5) is 4.39 Å². The summed E-state index contributed by atoms with van der Waals surface area (Å²) in [5, 5.41) is 9.28. The van der Waals surface area contributed by atoms with E-state index >= 15 is 0 Å². The molecule has 0 saturated carbocycles. The number of rotatable bonds is 3. The highest BCUT2D eigenvalue weighted by Crippen LogP contribution is 2.26. The molecule has 2 heterocycles. The van der Waals surface area contributed by atoms with Crippen LogP contribution >= 0.6 is 0 Å². The number of benzene rings is 1. The van der Waals surface area contributed by atoms with Crippen molar-refractivity contribution in [2.75, 3.05) is 19.6 Å². The van der Waals surface area contributed by atoms with E-state index in [2.05, 4.69) is 11.8 Å². The zero-order valence-electron chi connectivity index (χ0n) is 13.0. The zero-order chi connectivity index (χ0) is 15.7. The lowest BCUT2D eigenvalue weighted by Crippen LogP contribution is -2.44. The fraction of sp³-hybridized carbons (Fsp3) is 0.588. The Kier molecular flexibility index (Phi) is 4.34. The van der Waals surface area contributed by atoms with E-state index in [-0.39, 0.29) is 23.3 Å². The van der Waals surface area contributed by atoms with Crippen LogP contribution in [0.1, 0.15) is 43.0 Å². The lowest BCUT2D eigenvalue weighted by atomic mass is 10.1. The number of hydrogen-bond acceptors (Lipinski definition) is 3. The monoisotopic (exact) mass is 306 g/mol. The molecule has 22 heavy (non-hydrogen) atoms. The van der Waals surface area contributed by atoms with E-state index in [1.165, 1.54) is 25.0 Å². The van der Waals surface area contributed by atoms with Crippen LogP contribution in [-0.2, 0) is 0 Å². The maximum atomic E-state index is 13.9. The van der Waals surface area contributed by atoms with Crippen molar-refractivity contribution in [3.05, 3.63) is 29.6 Å². The topological polar surface area (TPSA) is 43.8 Å². The molecule has 1 N–H and O–H groups in total. The molecule has 1 aromatic rings. The summed E-state index contributed by atoms with van der Waals surface area (Å²) in [6.45, 7) is 4.89. The second kappa shape index (κ2) is 6.24. The number of carbonyl (C=O) groups is 1. The van der Waals surface area contributed by atoms with Crippen LogP contribution in [0.5, 0.6) is 5.75 Å². The van der Waals surface area contributed by atoms with Crippen LogP contribution in [-0.4, -0.2) is 52.5 Å². The maximum Gasteiger partial charge on any atom is 0.257 e. The van der Waals surface area contributed by atoms with Gasteiger partial charge in [0.2, 0.25) is 0 Å². The van der Waals surface area contributed by atoms with E-state index in [9.17, 15) is 14.3 Å². The third-order valence-electron chi connectivity index (χ3n) is 4.96. The molecule has 2 aliphatic rings. The first-order chi connectivity index (χ1) is 10.6. The van der Waals surface area contributed by atoms with E-state index < -0.39 is 5.82 Å². The van der Waals surface area contributed by atoms with Gasteiger partial charge in [-0.25, -0.2) is 4.39 Å². The molecule has 120 valence electrons. The molecule has 2 unspecified atom stereocenters. The van der Waals surface area contributed by atoms with Gasteiger partial charge in [0.05, 0.1) is 5.56 Å². The molecule has 5 heteroatoms. The van der Waals surface area contributed by atoms with Crippen LogP contribution in [0.25, 0.3) is 0 Å². The number of amides is 1. The molecule has 2 aliphatic heterocycles. The minimum Gasteiger partial charge on any atom is -0.508 e. The quantitative estimate of drug-likeness (QED) is 0.933. The van der Waals surface area contributed by atoms with Crippen molar-refractivity contribution in [2.45, 2.75) is 44.7 Å². The SMILES string of the molecule is CC1CCCN1CC1CCCN1C(=O)c1ccc(O)cc1F. The molecule has 0 aliphatic carbocycles. The second-order valence-corrected chi connectivity index (χ2v) is 6.44. The minimum atomic E-state index is -0.648. The largest absolute Gasteiger partial charge is 0.508 e. The normalized spacial score (nSPS) is 25.8. The molecular weight excluding hydrogens is 283 g/mol. The van der Waals surface area contributed by atoms with E-state index in [1.54, 1.807) is 4.90 Å². The Balaban J connectivity index is 1.73.